The number of hydrogen-bond acceptors (Lipinski definition) is 8. The molecule has 0 atom stereocenters. The molecule has 172 valence electrons. The summed E-state index contributed by atoms with van der Waals surface area (Å²) in [6.45, 7) is 5.35. The predicted octanol–water partition coefficient (Wildman–Crippen LogP) is 3.06. The molecule has 12 heteroatoms. The van der Waals surface area contributed by atoms with Gasteiger partial charge in [-0.05, 0) is 52.6 Å². The number of sulfonamides is 1. The number of aryl methyl sites for hydroxylation is 1. The van der Waals surface area contributed by atoms with E-state index in [1.165, 1.54) is 23.7 Å². The number of rotatable bonds is 9. The van der Waals surface area contributed by atoms with Crippen molar-refractivity contribution >= 4 is 61.4 Å². The first-order chi connectivity index (χ1) is 15.2. The molecule has 0 bridgehead atoms. The molecule has 32 heavy (non-hydrogen) atoms. The van der Waals surface area contributed by atoms with Crippen molar-refractivity contribution in [1.29, 1.82) is 0 Å². The SMILES string of the molecule is CC(C)CS(=O)(=O)NCCCn1c(Sc2cc3c(cc2I)CCO3)nc2c(N)ncnc21. The average Bonchev–Trinajstić information content (AvgIpc) is 3.29. The number of anilines is 1. The fourth-order valence-corrected chi connectivity index (χ4v) is 6.79. The number of nitrogen functional groups attached to an aromatic ring is 1. The Morgan fingerprint density at radius 3 is 2.94 bits per heavy atom. The maximum absolute atomic E-state index is 12.1. The zero-order chi connectivity index (χ0) is 22.9. The fourth-order valence-electron chi connectivity index (χ4n) is 3.53. The number of ether oxygens (including phenoxy) is 1. The van der Waals surface area contributed by atoms with Crippen LogP contribution in [-0.4, -0.2) is 46.8 Å². The van der Waals surface area contributed by atoms with Crippen molar-refractivity contribution in [3.8, 4) is 5.75 Å². The molecule has 1 aliphatic rings. The lowest BCUT2D eigenvalue weighted by molar-refractivity contribution is 0.356. The number of benzene rings is 1. The van der Waals surface area contributed by atoms with Gasteiger partial charge in [-0.25, -0.2) is 28.1 Å². The maximum atomic E-state index is 12.1. The van der Waals surface area contributed by atoms with E-state index >= 15 is 0 Å². The Kier molecular flexibility index (Phi) is 7.12. The predicted molar refractivity (Wildman–Crippen MR) is 133 cm³/mol. The Bertz CT molecular complexity index is 1250. The van der Waals surface area contributed by atoms with Gasteiger partial charge in [0.05, 0.1) is 12.4 Å². The quantitative estimate of drug-likeness (QED) is 0.289. The molecule has 0 amide bonds. The zero-order valence-corrected chi connectivity index (χ0v) is 21.6. The third-order valence-corrected chi connectivity index (χ3v) is 8.96. The topological polar surface area (TPSA) is 125 Å². The summed E-state index contributed by atoms with van der Waals surface area (Å²) < 4.78 is 35.7. The summed E-state index contributed by atoms with van der Waals surface area (Å²) in [4.78, 5) is 14.2. The van der Waals surface area contributed by atoms with Crippen LogP contribution in [0.4, 0.5) is 5.82 Å². The van der Waals surface area contributed by atoms with Gasteiger partial charge < -0.3 is 15.0 Å². The standard InChI is InChI=1S/C20H25IN6O3S2/c1-12(2)10-32(28,29)25-5-3-6-27-19-17(18(22)23-11-24-19)26-20(27)31-16-9-15-13(4-7-30-15)8-14(16)21/h8-9,11-12,25H,3-7,10H2,1-2H3,(H2,22,23,24). The molecule has 0 spiro atoms. The lowest BCUT2D eigenvalue weighted by Crippen LogP contribution is -2.29. The van der Waals surface area contributed by atoms with Crippen molar-refractivity contribution in [2.75, 3.05) is 24.6 Å². The van der Waals surface area contributed by atoms with Gasteiger partial charge in [-0.2, -0.15) is 0 Å². The Morgan fingerprint density at radius 1 is 1.34 bits per heavy atom. The summed E-state index contributed by atoms with van der Waals surface area (Å²) in [7, 11) is -3.28. The number of imidazole rings is 1. The number of nitrogens with two attached hydrogens (primary N) is 1. The maximum Gasteiger partial charge on any atom is 0.211 e. The van der Waals surface area contributed by atoms with Crippen molar-refractivity contribution < 1.29 is 13.2 Å². The van der Waals surface area contributed by atoms with E-state index in [0.29, 0.717) is 43.1 Å². The number of halogens is 1. The van der Waals surface area contributed by atoms with E-state index in [1.807, 2.05) is 24.5 Å². The number of nitrogens with zero attached hydrogens (tertiary/aromatic N) is 4. The Labute approximate surface area is 205 Å². The van der Waals surface area contributed by atoms with E-state index in [9.17, 15) is 8.42 Å². The number of nitrogens with one attached hydrogen (secondary N) is 1. The van der Waals surface area contributed by atoms with E-state index in [2.05, 4.69) is 43.3 Å². The second kappa shape index (κ2) is 9.69. The van der Waals surface area contributed by atoms with Gasteiger partial charge in [0.2, 0.25) is 10.0 Å². The summed E-state index contributed by atoms with van der Waals surface area (Å²) in [6, 6.07) is 4.20. The molecular weight excluding hydrogens is 563 g/mol. The van der Waals surface area contributed by atoms with Gasteiger partial charge in [-0.15, -0.1) is 0 Å². The van der Waals surface area contributed by atoms with Crippen LogP contribution < -0.4 is 15.2 Å². The highest BCUT2D eigenvalue weighted by Crippen LogP contribution is 2.38. The molecule has 1 aliphatic heterocycles. The van der Waals surface area contributed by atoms with Crippen LogP contribution in [0.15, 0.2) is 28.5 Å². The highest BCUT2D eigenvalue weighted by molar-refractivity contribution is 14.1. The number of aromatic nitrogens is 4. The van der Waals surface area contributed by atoms with Gasteiger partial charge >= 0.3 is 0 Å². The van der Waals surface area contributed by atoms with Gasteiger partial charge in [-0.3, -0.25) is 0 Å². The molecule has 0 fully saturated rings. The molecule has 1 aromatic carbocycles. The summed E-state index contributed by atoms with van der Waals surface area (Å²) in [6.07, 6.45) is 2.93. The number of fused-ring (bicyclic) bond motifs is 2. The van der Waals surface area contributed by atoms with Crippen LogP contribution in [0.5, 0.6) is 5.75 Å². The highest BCUT2D eigenvalue weighted by atomic mass is 127. The largest absolute Gasteiger partial charge is 0.493 e. The first-order valence-corrected chi connectivity index (χ1v) is 13.9. The van der Waals surface area contributed by atoms with Crippen molar-refractivity contribution in [2.24, 2.45) is 5.92 Å². The average molecular weight is 588 g/mol. The fraction of sp³-hybridized carbons (Fsp3) is 0.450. The summed E-state index contributed by atoms with van der Waals surface area (Å²) in [5.41, 5.74) is 8.44. The second-order valence-electron chi connectivity index (χ2n) is 7.99. The first-order valence-electron chi connectivity index (χ1n) is 10.3. The van der Waals surface area contributed by atoms with E-state index in [0.717, 1.165) is 25.8 Å². The molecule has 4 rings (SSSR count). The van der Waals surface area contributed by atoms with Crippen LogP contribution >= 0.6 is 34.4 Å². The molecule has 0 radical (unpaired) electrons. The summed E-state index contributed by atoms with van der Waals surface area (Å²) >= 11 is 3.84. The van der Waals surface area contributed by atoms with Gasteiger partial charge in [0.1, 0.15) is 12.1 Å². The minimum atomic E-state index is -3.28. The zero-order valence-electron chi connectivity index (χ0n) is 17.8. The molecule has 0 saturated heterocycles. The normalized spacial score (nSPS) is 13.6. The van der Waals surface area contributed by atoms with Gasteiger partial charge in [0.15, 0.2) is 22.1 Å². The van der Waals surface area contributed by atoms with Crippen molar-refractivity contribution in [3.05, 3.63) is 27.6 Å². The van der Waals surface area contributed by atoms with Crippen LogP contribution in [0.1, 0.15) is 25.8 Å². The molecule has 3 N–H and O–H groups in total. The molecule has 0 unspecified atom stereocenters. The highest BCUT2D eigenvalue weighted by Gasteiger charge is 2.20. The Balaban J connectivity index is 1.57. The molecule has 0 saturated carbocycles. The minimum absolute atomic E-state index is 0.0755. The lowest BCUT2D eigenvalue weighted by Gasteiger charge is -2.11. The molecule has 9 nitrogen and oxygen atoms in total. The van der Waals surface area contributed by atoms with Crippen molar-refractivity contribution in [1.82, 2.24) is 24.2 Å². The van der Waals surface area contributed by atoms with Crippen LogP contribution in [0, 0.1) is 9.49 Å². The monoisotopic (exact) mass is 588 g/mol. The van der Waals surface area contributed by atoms with Crippen LogP contribution in [-0.2, 0) is 23.0 Å². The number of hydrogen-bond donors (Lipinski definition) is 2. The Morgan fingerprint density at radius 2 is 2.16 bits per heavy atom. The third-order valence-electron chi connectivity index (χ3n) is 4.90. The molecule has 0 aliphatic carbocycles. The smallest absolute Gasteiger partial charge is 0.211 e. The third kappa shape index (κ3) is 5.29. The lowest BCUT2D eigenvalue weighted by atomic mass is 10.2. The van der Waals surface area contributed by atoms with Crippen molar-refractivity contribution in [2.45, 2.75) is 43.3 Å². The van der Waals surface area contributed by atoms with Gasteiger partial charge in [0, 0.05) is 28.0 Å². The van der Waals surface area contributed by atoms with Crippen LogP contribution in [0.25, 0.3) is 11.2 Å². The van der Waals surface area contributed by atoms with E-state index in [4.69, 9.17) is 15.5 Å². The second-order valence-corrected chi connectivity index (χ2v) is 12.0. The minimum Gasteiger partial charge on any atom is -0.493 e. The van der Waals surface area contributed by atoms with E-state index < -0.39 is 10.0 Å². The van der Waals surface area contributed by atoms with Crippen molar-refractivity contribution in [3.63, 3.8) is 0 Å². The van der Waals surface area contributed by atoms with Gasteiger partial charge in [0.25, 0.3) is 0 Å². The molecular formula is C20H25IN6O3S2. The van der Waals surface area contributed by atoms with Crippen LogP contribution in [0.2, 0.25) is 0 Å². The van der Waals surface area contributed by atoms with Gasteiger partial charge in [-0.1, -0.05) is 25.6 Å². The molecule has 2 aromatic heterocycles. The summed E-state index contributed by atoms with van der Waals surface area (Å²) in [5, 5.41) is 0.730. The molecule has 3 aromatic rings. The summed E-state index contributed by atoms with van der Waals surface area (Å²) in [5.74, 6) is 1.42. The van der Waals surface area contributed by atoms with E-state index in [-0.39, 0.29) is 11.7 Å². The molecule has 3 heterocycles. The van der Waals surface area contributed by atoms with Crippen LogP contribution in [0.3, 0.4) is 0 Å². The Hall–Kier alpha value is -1.64. The first kappa shape index (κ1) is 23.5. The van der Waals surface area contributed by atoms with E-state index in [1.54, 1.807) is 0 Å².